The Labute approximate surface area is 229 Å². The summed E-state index contributed by atoms with van der Waals surface area (Å²) in [5, 5.41) is 6.72. The van der Waals surface area contributed by atoms with E-state index in [4.69, 9.17) is 4.42 Å². The van der Waals surface area contributed by atoms with Crippen molar-refractivity contribution >= 4 is 52.4 Å². The lowest BCUT2D eigenvalue weighted by Gasteiger charge is -2.12. The van der Waals surface area contributed by atoms with E-state index < -0.39 is 11.8 Å². The molecule has 2 amide bonds. The van der Waals surface area contributed by atoms with Gasteiger partial charge in [-0.3, -0.25) is 9.59 Å². The van der Waals surface area contributed by atoms with E-state index in [1.807, 2.05) is 79.7 Å². The second kappa shape index (κ2) is 12.2. The molecule has 2 N–H and O–H groups in total. The molecule has 8 heteroatoms. The molecule has 0 atom stereocenters. The van der Waals surface area contributed by atoms with Gasteiger partial charge < -0.3 is 14.6 Å². The van der Waals surface area contributed by atoms with Crippen LogP contribution in [0.3, 0.4) is 0 Å². The molecule has 0 radical (unpaired) electrons. The first-order valence-electron chi connectivity index (χ1n) is 11.4. The van der Waals surface area contributed by atoms with Gasteiger partial charge in [-0.25, -0.2) is 5.43 Å². The van der Waals surface area contributed by atoms with Gasteiger partial charge in [-0.1, -0.05) is 42.5 Å². The topological polar surface area (TPSA) is 86.9 Å². The highest BCUT2D eigenvalue weighted by Crippen LogP contribution is 2.22. The molecule has 0 saturated heterocycles. The number of halogens is 1. The Balaban J connectivity index is 1.50. The summed E-state index contributed by atoms with van der Waals surface area (Å²) in [5.41, 5.74) is 5.68. The first-order valence-corrected chi connectivity index (χ1v) is 12.5. The average Bonchev–Trinajstić information content (AvgIpc) is 3.38. The minimum Gasteiger partial charge on any atom is -0.455 e. The third-order valence-electron chi connectivity index (χ3n) is 5.36. The Bertz CT molecular complexity index is 1420. The number of nitrogens with one attached hydrogen (secondary N) is 2. The Morgan fingerprint density at radius 2 is 1.59 bits per heavy atom. The summed E-state index contributed by atoms with van der Waals surface area (Å²) < 4.78 is 6.94. The van der Waals surface area contributed by atoms with E-state index >= 15 is 0 Å². The van der Waals surface area contributed by atoms with Crippen molar-refractivity contribution in [2.75, 3.05) is 19.0 Å². The molecule has 0 aliphatic rings. The van der Waals surface area contributed by atoms with Crippen LogP contribution in [-0.2, 0) is 4.79 Å². The number of carbonyl (C=O) groups excluding carboxylic acids is 2. The molecule has 4 aromatic rings. The highest BCUT2D eigenvalue weighted by atomic mass is 127. The number of furan rings is 1. The fourth-order valence-electron chi connectivity index (χ4n) is 3.38. The number of hydrogen-bond donors (Lipinski definition) is 2. The second-order valence-corrected chi connectivity index (χ2v) is 9.52. The van der Waals surface area contributed by atoms with Crippen LogP contribution in [0, 0.1) is 3.57 Å². The van der Waals surface area contributed by atoms with Crippen LogP contribution in [0.4, 0.5) is 5.69 Å². The number of amides is 2. The van der Waals surface area contributed by atoms with Crippen LogP contribution in [0.2, 0.25) is 0 Å². The minimum absolute atomic E-state index is 0.0580. The lowest BCUT2D eigenvalue weighted by Crippen LogP contribution is -2.32. The normalized spacial score (nSPS) is 11.4. The molecular formula is C29H25IN4O3. The highest BCUT2D eigenvalue weighted by Gasteiger charge is 2.14. The molecule has 0 fully saturated rings. The summed E-state index contributed by atoms with van der Waals surface area (Å²) in [7, 11) is 3.90. The number of anilines is 1. The standard InChI is InChI=1S/C29H25IN4O3/c1-34(2)24-14-8-20(9-15-24)18-26(32-28(35)22-6-4-3-5-7-22)29(36)33-31-19-25-16-17-27(37-25)21-10-12-23(30)13-11-21/h3-19H,1-2H3,(H,32,35)(H,33,36). The lowest BCUT2D eigenvalue weighted by molar-refractivity contribution is -0.117. The summed E-state index contributed by atoms with van der Waals surface area (Å²) in [6.45, 7) is 0. The van der Waals surface area contributed by atoms with Crippen LogP contribution >= 0.6 is 22.6 Å². The molecular weight excluding hydrogens is 579 g/mol. The summed E-state index contributed by atoms with van der Waals surface area (Å²) in [6.07, 6.45) is 3.02. The van der Waals surface area contributed by atoms with Gasteiger partial charge in [0, 0.05) is 34.5 Å². The van der Waals surface area contributed by atoms with Crippen molar-refractivity contribution in [3.05, 3.63) is 117 Å². The zero-order chi connectivity index (χ0) is 26.2. The molecule has 0 spiro atoms. The van der Waals surface area contributed by atoms with Gasteiger partial charge in [-0.2, -0.15) is 5.10 Å². The van der Waals surface area contributed by atoms with Crippen LogP contribution in [0.1, 0.15) is 21.7 Å². The molecule has 0 aliphatic heterocycles. The first-order chi connectivity index (χ1) is 17.9. The molecule has 4 rings (SSSR count). The van der Waals surface area contributed by atoms with Gasteiger partial charge in [0.15, 0.2) is 0 Å². The molecule has 1 aromatic heterocycles. The van der Waals surface area contributed by atoms with Crippen LogP contribution < -0.4 is 15.6 Å². The van der Waals surface area contributed by atoms with Gasteiger partial charge in [0.05, 0.1) is 6.21 Å². The Hall–Kier alpha value is -4.18. The second-order valence-electron chi connectivity index (χ2n) is 8.27. The van der Waals surface area contributed by atoms with Crippen molar-refractivity contribution < 1.29 is 14.0 Å². The van der Waals surface area contributed by atoms with E-state index in [1.165, 1.54) is 6.21 Å². The fourth-order valence-corrected chi connectivity index (χ4v) is 3.74. The van der Waals surface area contributed by atoms with Gasteiger partial charge in [0.25, 0.3) is 11.8 Å². The quantitative estimate of drug-likeness (QED) is 0.120. The van der Waals surface area contributed by atoms with Gasteiger partial charge in [0.1, 0.15) is 17.2 Å². The summed E-state index contributed by atoms with van der Waals surface area (Å²) in [6, 6.07) is 27.8. The SMILES string of the molecule is CN(C)c1ccc(C=C(NC(=O)c2ccccc2)C(=O)NN=Cc2ccc(-c3ccc(I)cc3)o2)cc1. The zero-order valence-corrected chi connectivity index (χ0v) is 22.5. The number of rotatable bonds is 8. The van der Waals surface area contributed by atoms with Crippen LogP contribution in [-0.4, -0.2) is 32.1 Å². The third-order valence-corrected chi connectivity index (χ3v) is 6.08. The van der Waals surface area contributed by atoms with Crippen molar-refractivity contribution in [2.24, 2.45) is 5.10 Å². The van der Waals surface area contributed by atoms with Crippen molar-refractivity contribution in [2.45, 2.75) is 0 Å². The lowest BCUT2D eigenvalue weighted by atomic mass is 10.1. The van der Waals surface area contributed by atoms with Crippen molar-refractivity contribution in [1.29, 1.82) is 0 Å². The molecule has 0 aliphatic carbocycles. The molecule has 0 bridgehead atoms. The third kappa shape index (κ3) is 7.17. The Morgan fingerprint density at radius 1 is 0.892 bits per heavy atom. The molecule has 0 unspecified atom stereocenters. The Kier molecular flexibility index (Phi) is 8.52. The Morgan fingerprint density at radius 3 is 2.27 bits per heavy atom. The van der Waals surface area contributed by atoms with Gasteiger partial charge in [0.2, 0.25) is 0 Å². The smallest absolute Gasteiger partial charge is 0.287 e. The molecule has 186 valence electrons. The van der Waals surface area contributed by atoms with Gasteiger partial charge >= 0.3 is 0 Å². The van der Waals surface area contributed by atoms with E-state index in [-0.39, 0.29) is 5.70 Å². The number of carbonyl (C=O) groups is 2. The predicted molar refractivity (Wildman–Crippen MR) is 155 cm³/mol. The van der Waals surface area contributed by atoms with Crippen LogP contribution in [0.15, 0.2) is 106 Å². The van der Waals surface area contributed by atoms with Crippen molar-refractivity contribution in [3.63, 3.8) is 0 Å². The number of hydrogen-bond acceptors (Lipinski definition) is 5. The van der Waals surface area contributed by atoms with Crippen molar-refractivity contribution in [3.8, 4) is 11.3 Å². The molecule has 0 saturated carbocycles. The molecule has 7 nitrogen and oxygen atoms in total. The van der Waals surface area contributed by atoms with E-state index in [0.717, 1.165) is 20.4 Å². The predicted octanol–water partition coefficient (Wildman–Crippen LogP) is 5.54. The summed E-state index contributed by atoms with van der Waals surface area (Å²) in [5.74, 6) is 0.207. The van der Waals surface area contributed by atoms with Crippen LogP contribution in [0.25, 0.3) is 17.4 Å². The van der Waals surface area contributed by atoms with Crippen LogP contribution in [0.5, 0.6) is 0 Å². The monoisotopic (exact) mass is 604 g/mol. The molecule has 37 heavy (non-hydrogen) atoms. The van der Waals surface area contributed by atoms with E-state index in [1.54, 1.807) is 36.4 Å². The van der Waals surface area contributed by atoms with Crippen molar-refractivity contribution in [1.82, 2.24) is 10.7 Å². The van der Waals surface area contributed by atoms with E-state index in [9.17, 15) is 9.59 Å². The first kappa shape index (κ1) is 25.9. The number of benzene rings is 3. The molecule has 1 heterocycles. The largest absolute Gasteiger partial charge is 0.455 e. The maximum absolute atomic E-state index is 13.0. The number of nitrogens with zero attached hydrogens (tertiary/aromatic N) is 2. The average molecular weight is 604 g/mol. The van der Waals surface area contributed by atoms with E-state index in [2.05, 4.69) is 38.4 Å². The van der Waals surface area contributed by atoms with Gasteiger partial charge in [-0.05, 0) is 82.8 Å². The summed E-state index contributed by atoms with van der Waals surface area (Å²) >= 11 is 2.25. The van der Waals surface area contributed by atoms with Gasteiger partial charge in [-0.15, -0.1) is 0 Å². The maximum atomic E-state index is 13.0. The molecule has 3 aromatic carbocycles. The van der Waals surface area contributed by atoms with E-state index in [0.29, 0.717) is 17.1 Å². The zero-order valence-electron chi connectivity index (χ0n) is 20.3. The highest BCUT2D eigenvalue weighted by molar-refractivity contribution is 14.1. The minimum atomic E-state index is -0.568. The maximum Gasteiger partial charge on any atom is 0.287 e. The summed E-state index contributed by atoms with van der Waals surface area (Å²) in [4.78, 5) is 27.7. The fraction of sp³-hybridized carbons (Fsp3) is 0.0690. The number of hydrazone groups is 1.